The van der Waals surface area contributed by atoms with Crippen molar-refractivity contribution in [2.24, 2.45) is 0 Å². The Balaban J connectivity index is 1.91. The number of nitrogens with zero attached hydrogens (tertiary/aromatic N) is 4. The first-order valence-corrected chi connectivity index (χ1v) is 7.94. The average Bonchev–Trinajstić information content (AvgIpc) is 2.45. The molecule has 0 aliphatic heterocycles. The van der Waals surface area contributed by atoms with Gasteiger partial charge in [-0.1, -0.05) is 17.8 Å². The van der Waals surface area contributed by atoms with Gasteiger partial charge in [-0.3, -0.25) is 9.20 Å². The van der Waals surface area contributed by atoms with Gasteiger partial charge in [0.25, 0.3) is 5.56 Å². The summed E-state index contributed by atoms with van der Waals surface area (Å²) in [6.45, 7) is 5.78. The Kier molecular flexibility index (Phi) is 3.94. The Bertz CT molecular complexity index is 884. The van der Waals surface area contributed by atoms with Crippen molar-refractivity contribution in [2.45, 2.75) is 31.6 Å². The van der Waals surface area contributed by atoms with Crippen molar-refractivity contribution in [3.05, 3.63) is 63.6 Å². The molecule has 3 aromatic rings. The number of pyridine rings is 1. The van der Waals surface area contributed by atoms with Crippen LogP contribution in [0.1, 0.15) is 22.8 Å². The van der Waals surface area contributed by atoms with E-state index in [2.05, 4.69) is 15.0 Å². The van der Waals surface area contributed by atoms with Crippen LogP contribution < -0.4 is 5.56 Å². The molecule has 0 N–H and O–H groups in total. The SMILES string of the molecule is Cc1cc(SCc2cc(=O)n3cccc(C)c3n2)nc(C)n1. The van der Waals surface area contributed by atoms with Crippen LogP contribution in [0.3, 0.4) is 0 Å². The molecular formula is C16H16N4OS. The zero-order chi connectivity index (χ0) is 15.7. The van der Waals surface area contributed by atoms with Crippen LogP contribution in [0.5, 0.6) is 0 Å². The quantitative estimate of drug-likeness (QED) is 0.550. The first kappa shape index (κ1) is 14.7. The largest absolute Gasteiger partial charge is 0.269 e. The van der Waals surface area contributed by atoms with Gasteiger partial charge in [-0.2, -0.15) is 0 Å². The maximum Gasteiger partial charge on any atom is 0.258 e. The molecule has 3 rings (SSSR count). The van der Waals surface area contributed by atoms with Crippen LogP contribution in [-0.2, 0) is 5.75 Å². The lowest BCUT2D eigenvalue weighted by atomic mass is 10.3. The average molecular weight is 312 g/mol. The smallest absolute Gasteiger partial charge is 0.258 e. The molecule has 5 nitrogen and oxygen atoms in total. The van der Waals surface area contributed by atoms with E-state index in [1.807, 2.05) is 39.0 Å². The molecule has 0 spiro atoms. The van der Waals surface area contributed by atoms with Crippen LogP contribution >= 0.6 is 11.8 Å². The molecule has 0 bridgehead atoms. The topological polar surface area (TPSA) is 60.2 Å². The van der Waals surface area contributed by atoms with Gasteiger partial charge in [0, 0.05) is 23.7 Å². The van der Waals surface area contributed by atoms with Gasteiger partial charge in [-0.15, -0.1) is 0 Å². The molecule has 0 saturated heterocycles. The number of hydrogen-bond acceptors (Lipinski definition) is 5. The standard InChI is InChI=1S/C16H16N4OS/c1-10-5-4-6-20-15(21)8-13(19-16(10)20)9-22-14-7-11(2)17-12(3)18-14/h4-8H,9H2,1-3H3. The summed E-state index contributed by atoms with van der Waals surface area (Å²) in [6.07, 6.45) is 1.74. The molecule has 3 aromatic heterocycles. The third-order valence-corrected chi connectivity index (χ3v) is 4.19. The fourth-order valence-corrected chi connectivity index (χ4v) is 3.18. The number of hydrogen-bond donors (Lipinski definition) is 0. The van der Waals surface area contributed by atoms with Crippen molar-refractivity contribution >= 4 is 17.4 Å². The van der Waals surface area contributed by atoms with Crippen LogP contribution in [0, 0.1) is 20.8 Å². The second kappa shape index (κ2) is 5.88. The highest BCUT2D eigenvalue weighted by Gasteiger charge is 2.06. The third-order valence-electron chi connectivity index (χ3n) is 3.25. The summed E-state index contributed by atoms with van der Waals surface area (Å²) < 4.78 is 1.57. The number of rotatable bonds is 3. The van der Waals surface area contributed by atoms with E-state index in [0.717, 1.165) is 27.8 Å². The summed E-state index contributed by atoms with van der Waals surface area (Å²) in [6, 6.07) is 7.33. The third kappa shape index (κ3) is 3.01. The number of fused-ring (bicyclic) bond motifs is 1. The van der Waals surface area contributed by atoms with Crippen LogP contribution in [-0.4, -0.2) is 19.4 Å². The van der Waals surface area contributed by atoms with Gasteiger partial charge >= 0.3 is 0 Å². The molecule has 3 heterocycles. The zero-order valence-corrected chi connectivity index (χ0v) is 13.5. The van der Waals surface area contributed by atoms with Crippen LogP contribution in [0.25, 0.3) is 5.65 Å². The van der Waals surface area contributed by atoms with E-state index in [4.69, 9.17) is 0 Å². The van der Waals surface area contributed by atoms with Crippen LogP contribution in [0.15, 0.2) is 40.3 Å². The Morgan fingerprint density at radius 2 is 1.95 bits per heavy atom. The lowest BCUT2D eigenvalue weighted by Crippen LogP contribution is -2.15. The van der Waals surface area contributed by atoms with Gasteiger partial charge < -0.3 is 0 Å². The summed E-state index contributed by atoms with van der Waals surface area (Å²) >= 11 is 1.56. The first-order valence-electron chi connectivity index (χ1n) is 6.96. The first-order chi connectivity index (χ1) is 10.5. The number of thioether (sulfide) groups is 1. The highest BCUT2D eigenvalue weighted by atomic mass is 32.2. The predicted molar refractivity (Wildman–Crippen MR) is 87.3 cm³/mol. The maximum atomic E-state index is 12.2. The number of aromatic nitrogens is 4. The highest BCUT2D eigenvalue weighted by molar-refractivity contribution is 7.98. The molecule has 112 valence electrons. The van der Waals surface area contributed by atoms with Crippen LogP contribution in [0.4, 0.5) is 0 Å². The monoisotopic (exact) mass is 312 g/mol. The molecule has 0 radical (unpaired) electrons. The molecule has 0 saturated carbocycles. The molecule has 0 atom stereocenters. The van der Waals surface area contributed by atoms with E-state index < -0.39 is 0 Å². The second-order valence-corrected chi connectivity index (χ2v) is 6.15. The van der Waals surface area contributed by atoms with Gasteiger partial charge in [0.05, 0.1) is 5.69 Å². The highest BCUT2D eigenvalue weighted by Crippen LogP contribution is 2.20. The Morgan fingerprint density at radius 1 is 1.14 bits per heavy atom. The fourth-order valence-electron chi connectivity index (χ4n) is 2.29. The minimum Gasteiger partial charge on any atom is -0.269 e. The minimum atomic E-state index is -0.0562. The lowest BCUT2D eigenvalue weighted by molar-refractivity contribution is 0.934. The van der Waals surface area contributed by atoms with Crippen molar-refractivity contribution < 1.29 is 0 Å². The molecule has 22 heavy (non-hydrogen) atoms. The van der Waals surface area contributed by atoms with E-state index in [9.17, 15) is 4.79 Å². The van der Waals surface area contributed by atoms with E-state index in [1.165, 1.54) is 0 Å². The summed E-state index contributed by atoms with van der Waals surface area (Å²) in [4.78, 5) is 25.4. The summed E-state index contributed by atoms with van der Waals surface area (Å²) in [5.74, 6) is 1.36. The Morgan fingerprint density at radius 3 is 2.73 bits per heavy atom. The van der Waals surface area contributed by atoms with E-state index in [0.29, 0.717) is 11.4 Å². The summed E-state index contributed by atoms with van der Waals surface area (Å²) in [5, 5.41) is 0.900. The van der Waals surface area contributed by atoms with Crippen molar-refractivity contribution in [3.8, 4) is 0 Å². The summed E-state index contributed by atoms with van der Waals surface area (Å²) in [7, 11) is 0. The normalized spacial score (nSPS) is 11.0. The van der Waals surface area contributed by atoms with Gasteiger partial charge in [0.15, 0.2) is 0 Å². The molecule has 6 heteroatoms. The molecule has 0 aromatic carbocycles. The van der Waals surface area contributed by atoms with E-state index in [-0.39, 0.29) is 5.56 Å². The lowest BCUT2D eigenvalue weighted by Gasteiger charge is -2.06. The molecule has 0 fully saturated rings. The van der Waals surface area contributed by atoms with Crippen LogP contribution in [0.2, 0.25) is 0 Å². The van der Waals surface area contributed by atoms with Crippen molar-refractivity contribution in [1.82, 2.24) is 19.4 Å². The Labute approximate surface area is 132 Å². The molecular weight excluding hydrogens is 296 g/mol. The minimum absolute atomic E-state index is 0.0562. The van der Waals surface area contributed by atoms with E-state index in [1.54, 1.807) is 28.4 Å². The maximum absolute atomic E-state index is 12.2. The summed E-state index contributed by atoms with van der Waals surface area (Å²) in [5.41, 5.74) is 3.34. The predicted octanol–water partition coefficient (Wildman–Crippen LogP) is 2.70. The molecule has 0 aliphatic rings. The Hall–Kier alpha value is -2.21. The molecule has 0 aliphatic carbocycles. The van der Waals surface area contributed by atoms with Gasteiger partial charge in [-0.05, 0) is 38.5 Å². The van der Waals surface area contributed by atoms with Gasteiger partial charge in [0.2, 0.25) is 0 Å². The van der Waals surface area contributed by atoms with E-state index >= 15 is 0 Å². The van der Waals surface area contributed by atoms with Crippen molar-refractivity contribution in [2.75, 3.05) is 0 Å². The van der Waals surface area contributed by atoms with Gasteiger partial charge in [-0.25, -0.2) is 15.0 Å². The number of aryl methyl sites for hydroxylation is 3. The molecule has 0 amide bonds. The van der Waals surface area contributed by atoms with Crippen molar-refractivity contribution in [3.63, 3.8) is 0 Å². The molecule has 0 unspecified atom stereocenters. The fraction of sp³-hybridized carbons (Fsp3) is 0.250. The second-order valence-electron chi connectivity index (χ2n) is 5.15. The van der Waals surface area contributed by atoms with Crippen molar-refractivity contribution in [1.29, 1.82) is 0 Å². The zero-order valence-electron chi connectivity index (χ0n) is 12.7. The van der Waals surface area contributed by atoms with Gasteiger partial charge in [0.1, 0.15) is 16.5 Å².